The van der Waals surface area contributed by atoms with Crippen LogP contribution in [0.5, 0.6) is 0 Å². The van der Waals surface area contributed by atoms with Crippen LogP contribution in [0.4, 0.5) is 0 Å². The molecule has 1 aromatic rings. The zero-order valence-corrected chi connectivity index (χ0v) is 12.9. The lowest BCUT2D eigenvalue weighted by atomic mass is 10.1. The SMILES string of the molecule is Cc1c(CCCI)cnn(C2CCCCO2)c1=O. The number of rotatable bonds is 4. The number of aromatic nitrogens is 2. The Kier molecular flexibility index (Phi) is 5.17. The van der Waals surface area contributed by atoms with Gasteiger partial charge in [-0.15, -0.1) is 0 Å². The second kappa shape index (κ2) is 6.65. The summed E-state index contributed by atoms with van der Waals surface area (Å²) in [6, 6.07) is 0. The number of hydrogen-bond acceptors (Lipinski definition) is 3. The van der Waals surface area contributed by atoms with Crippen molar-refractivity contribution in [1.29, 1.82) is 0 Å². The van der Waals surface area contributed by atoms with Crippen LogP contribution in [0, 0.1) is 6.92 Å². The summed E-state index contributed by atoms with van der Waals surface area (Å²) in [4.78, 5) is 12.3. The molecule has 1 saturated heterocycles. The van der Waals surface area contributed by atoms with E-state index >= 15 is 0 Å². The first kappa shape index (κ1) is 14.0. The Labute approximate surface area is 121 Å². The van der Waals surface area contributed by atoms with E-state index in [1.807, 2.05) is 13.1 Å². The number of ether oxygens (including phenoxy) is 1. The molecule has 0 N–H and O–H groups in total. The van der Waals surface area contributed by atoms with E-state index in [-0.39, 0.29) is 11.8 Å². The first-order chi connectivity index (χ1) is 8.74. The normalized spacial score (nSPS) is 20.0. The van der Waals surface area contributed by atoms with E-state index in [4.69, 9.17) is 4.74 Å². The molecule has 0 radical (unpaired) electrons. The summed E-state index contributed by atoms with van der Waals surface area (Å²) in [6.07, 6.45) is 6.77. The second-order valence-corrected chi connectivity index (χ2v) is 5.74. The van der Waals surface area contributed by atoms with Crippen molar-refractivity contribution in [1.82, 2.24) is 9.78 Å². The van der Waals surface area contributed by atoms with Crippen LogP contribution in [0.3, 0.4) is 0 Å². The Bertz CT molecular complexity index is 453. The van der Waals surface area contributed by atoms with Gasteiger partial charge in [0.25, 0.3) is 5.56 Å². The number of halogens is 1. The lowest BCUT2D eigenvalue weighted by Gasteiger charge is -2.23. The van der Waals surface area contributed by atoms with E-state index in [0.29, 0.717) is 0 Å². The fourth-order valence-electron chi connectivity index (χ4n) is 2.22. The minimum Gasteiger partial charge on any atom is -0.356 e. The minimum absolute atomic E-state index is 0.00728. The maximum atomic E-state index is 12.3. The monoisotopic (exact) mass is 362 g/mol. The fourth-order valence-corrected chi connectivity index (χ4v) is 2.60. The molecule has 0 saturated carbocycles. The van der Waals surface area contributed by atoms with Crippen molar-refractivity contribution < 1.29 is 4.74 Å². The summed E-state index contributed by atoms with van der Waals surface area (Å²) >= 11 is 2.35. The molecule has 1 aliphatic rings. The molecule has 1 aliphatic heterocycles. The molecular formula is C13H19IN2O2. The standard InChI is InChI=1S/C13H19IN2O2/c1-10-11(5-4-7-14)9-15-16(13(10)17)12-6-2-3-8-18-12/h9,12H,2-8H2,1H3. The number of nitrogens with zero attached hydrogens (tertiary/aromatic N) is 2. The quantitative estimate of drug-likeness (QED) is 0.611. The lowest BCUT2D eigenvalue weighted by molar-refractivity contribution is -0.0426. The van der Waals surface area contributed by atoms with Crippen LogP contribution < -0.4 is 5.56 Å². The average Bonchev–Trinajstić information content (AvgIpc) is 2.41. The third-order valence-electron chi connectivity index (χ3n) is 3.36. The molecule has 100 valence electrons. The van der Waals surface area contributed by atoms with Crippen LogP contribution >= 0.6 is 22.6 Å². The van der Waals surface area contributed by atoms with Gasteiger partial charge in [-0.25, -0.2) is 4.68 Å². The minimum atomic E-state index is -0.163. The van der Waals surface area contributed by atoms with Gasteiger partial charge in [-0.3, -0.25) is 4.79 Å². The van der Waals surface area contributed by atoms with Crippen LogP contribution in [-0.2, 0) is 11.2 Å². The van der Waals surface area contributed by atoms with Crippen LogP contribution in [0.15, 0.2) is 11.0 Å². The van der Waals surface area contributed by atoms with Gasteiger partial charge >= 0.3 is 0 Å². The average molecular weight is 362 g/mol. The summed E-state index contributed by atoms with van der Waals surface area (Å²) in [7, 11) is 0. The highest BCUT2D eigenvalue weighted by Gasteiger charge is 2.19. The van der Waals surface area contributed by atoms with Gasteiger partial charge in [0.1, 0.15) is 0 Å². The van der Waals surface area contributed by atoms with Gasteiger partial charge in [0.2, 0.25) is 0 Å². The first-order valence-electron chi connectivity index (χ1n) is 6.49. The lowest BCUT2D eigenvalue weighted by Crippen LogP contribution is -2.32. The van der Waals surface area contributed by atoms with Crippen molar-refractivity contribution in [2.45, 2.75) is 45.3 Å². The van der Waals surface area contributed by atoms with Crippen molar-refractivity contribution in [3.8, 4) is 0 Å². The zero-order valence-electron chi connectivity index (χ0n) is 10.7. The molecule has 5 heteroatoms. The highest BCUT2D eigenvalue weighted by molar-refractivity contribution is 14.1. The molecule has 1 fully saturated rings. The summed E-state index contributed by atoms with van der Waals surface area (Å²) in [6.45, 7) is 2.63. The van der Waals surface area contributed by atoms with Gasteiger partial charge < -0.3 is 4.74 Å². The molecule has 0 bridgehead atoms. The first-order valence-corrected chi connectivity index (χ1v) is 8.01. The van der Waals surface area contributed by atoms with Gasteiger partial charge in [-0.2, -0.15) is 5.10 Å². The molecule has 0 spiro atoms. The third-order valence-corrected chi connectivity index (χ3v) is 4.12. The fraction of sp³-hybridized carbons (Fsp3) is 0.692. The van der Waals surface area contributed by atoms with Crippen LogP contribution in [0.25, 0.3) is 0 Å². The van der Waals surface area contributed by atoms with Crippen LogP contribution in [0.2, 0.25) is 0 Å². The van der Waals surface area contributed by atoms with Crippen LogP contribution in [-0.4, -0.2) is 20.8 Å². The smallest absolute Gasteiger partial charge is 0.272 e. The highest BCUT2D eigenvalue weighted by atomic mass is 127. The topological polar surface area (TPSA) is 44.1 Å². The molecule has 2 rings (SSSR count). The molecule has 18 heavy (non-hydrogen) atoms. The molecule has 1 atom stereocenters. The van der Waals surface area contributed by atoms with Gasteiger partial charge in [0.05, 0.1) is 6.20 Å². The van der Waals surface area contributed by atoms with Crippen molar-refractivity contribution in [2.24, 2.45) is 0 Å². The summed E-state index contributed by atoms with van der Waals surface area (Å²) in [5.41, 5.74) is 1.90. The predicted octanol–water partition coefficient (Wildman–Crippen LogP) is 2.62. The maximum Gasteiger partial charge on any atom is 0.272 e. The van der Waals surface area contributed by atoms with E-state index in [0.717, 1.165) is 54.3 Å². The zero-order chi connectivity index (χ0) is 13.0. The highest BCUT2D eigenvalue weighted by Crippen LogP contribution is 2.20. The number of aryl methyl sites for hydroxylation is 1. The summed E-state index contributed by atoms with van der Waals surface area (Å²) < 4.78 is 8.24. The molecule has 1 unspecified atom stereocenters. The largest absolute Gasteiger partial charge is 0.356 e. The van der Waals surface area contributed by atoms with E-state index < -0.39 is 0 Å². The predicted molar refractivity (Wildman–Crippen MR) is 79.3 cm³/mol. The van der Waals surface area contributed by atoms with Gasteiger partial charge in [-0.1, -0.05) is 22.6 Å². The van der Waals surface area contributed by atoms with Crippen molar-refractivity contribution in [3.05, 3.63) is 27.7 Å². The van der Waals surface area contributed by atoms with E-state index in [1.165, 1.54) is 4.68 Å². The van der Waals surface area contributed by atoms with Crippen LogP contribution in [0.1, 0.15) is 43.0 Å². The van der Waals surface area contributed by atoms with E-state index in [1.54, 1.807) is 0 Å². The van der Waals surface area contributed by atoms with Crippen molar-refractivity contribution in [3.63, 3.8) is 0 Å². The summed E-state index contributed by atoms with van der Waals surface area (Å²) in [5.74, 6) is 0. The Morgan fingerprint density at radius 2 is 2.39 bits per heavy atom. The molecule has 0 aliphatic carbocycles. The number of hydrogen-bond donors (Lipinski definition) is 0. The molecule has 0 amide bonds. The van der Waals surface area contributed by atoms with Crippen molar-refractivity contribution >= 4 is 22.6 Å². The second-order valence-electron chi connectivity index (χ2n) is 4.66. The molecular weight excluding hydrogens is 343 g/mol. The molecule has 2 heterocycles. The molecule has 0 aromatic carbocycles. The van der Waals surface area contributed by atoms with E-state index in [9.17, 15) is 4.79 Å². The Morgan fingerprint density at radius 3 is 3.06 bits per heavy atom. The third kappa shape index (κ3) is 3.12. The summed E-state index contributed by atoms with van der Waals surface area (Å²) in [5, 5.41) is 4.29. The molecule has 4 nitrogen and oxygen atoms in total. The van der Waals surface area contributed by atoms with Crippen molar-refractivity contribution in [2.75, 3.05) is 11.0 Å². The van der Waals surface area contributed by atoms with Gasteiger partial charge in [0, 0.05) is 12.2 Å². The maximum absolute atomic E-state index is 12.3. The number of alkyl halides is 1. The van der Waals surface area contributed by atoms with E-state index in [2.05, 4.69) is 27.7 Å². The van der Waals surface area contributed by atoms with Gasteiger partial charge in [0.15, 0.2) is 6.23 Å². The Hall–Kier alpha value is -0.430. The Balaban J connectivity index is 2.22. The van der Waals surface area contributed by atoms with Gasteiger partial charge in [-0.05, 0) is 49.0 Å². The molecule has 1 aromatic heterocycles. The Morgan fingerprint density at radius 1 is 1.56 bits per heavy atom.